The summed E-state index contributed by atoms with van der Waals surface area (Å²) in [5, 5.41) is 9.19. The molecule has 0 unspecified atom stereocenters. The highest BCUT2D eigenvalue weighted by Crippen LogP contribution is 2.33. The molecule has 0 aliphatic rings. The van der Waals surface area contributed by atoms with Crippen LogP contribution in [0.4, 0.5) is 0 Å². The van der Waals surface area contributed by atoms with Gasteiger partial charge in [-0.05, 0) is 23.5 Å². The normalized spacial score (nSPS) is 11.6. The Morgan fingerprint density at radius 3 is 2.27 bits per heavy atom. The SMILES string of the molecule is COc1c(CO)ccc(C(C)(C)C)c1C. The summed E-state index contributed by atoms with van der Waals surface area (Å²) in [4.78, 5) is 0. The molecule has 0 spiro atoms. The molecule has 0 heterocycles. The molecule has 0 saturated heterocycles. The number of ether oxygens (including phenoxy) is 1. The zero-order valence-electron chi connectivity index (χ0n) is 10.2. The monoisotopic (exact) mass is 208 g/mol. The van der Waals surface area contributed by atoms with E-state index in [-0.39, 0.29) is 12.0 Å². The number of aliphatic hydroxyl groups excluding tert-OH is 1. The topological polar surface area (TPSA) is 29.5 Å². The Morgan fingerprint density at radius 2 is 1.87 bits per heavy atom. The van der Waals surface area contributed by atoms with Crippen molar-refractivity contribution in [3.63, 3.8) is 0 Å². The van der Waals surface area contributed by atoms with Crippen LogP contribution >= 0.6 is 0 Å². The van der Waals surface area contributed by atoms with Gasteiger partial charge >= 0.3 is 0 Å². The largest absolute Gasteiger partial charge is 0.496 e. The van der Waals surface area contributed by atoms with Crippen molar-refractivity contribution in [2.24, 2.45) is 0 Å². The van der Waals surface area contributed by atoms with Gasteiger partial charge in [0.2, 0.25) is 0 Å². The minimum absolute atomic E-state index is 0.0223. The van der Waals surface area contributed by atoms with E-state index < -0.39 is 0 Å². The molecule has 0 bridgehead atoms. The molecule has 84 valence electrons. The second-order valence-corrected chi connectivity index (χ2v) is 4.84. The van der Waals surface area contributed by atoms with Crippen molar-refractivity contribution in [3.8, 4) is 5.75 Å². The summed E-state index contributed by atoms with van der Waals surface area (Å²) >= 11 is 0. The summed E-state index contributed by atoms with van der Waals surface area (Å²) < 4.78 is 5.34. The van der Waals surface area contributed by atoms with Gasteiger partial charge in [0, 0.05) is 5.56 Å². The molecule has 15 heavy (non-hydrogen) atoms. The van der Waals surface area contributed by atoms with E-state index in [1.54, 1.807) is 7.11 Å². The minimum atomic E-state index is 0.0223. The Hall–Kier alpha value is -1.02. The fourth-order valence-electron chi connectivity index (χ4n) is 1.97. The van der Waals surface area contributed by atoms with E-state index in [0.29, 0.717) is 0 Å². The highest BCUT2D eigenvalue weighted by atomic mass is 16.5. The number of hydrogen-bond donors (Lipinski definition) is 1. The van der Waals surface area contributed by atoms with Gasteiger partial charge in [-0.25, -0.2) is 0 Å². The summed E-state index contributed by atoms with van der Waals surface area (Å²) in [5.74, 6) is 0.810. The van der Waals surface area contributed by atoms with Gasteiger partial charge in [0.1, 0.15) is 5.75 Å². The van der Waals surface area contributed by atoms with Gasteiger partial charge in [-0.3, -0.25) is 0 Å². The fourth-order valence-corrected chi connectivity index (χ4v) is 1.97. The first-order chi connectivity index (χ1) is 6.91. The molecule has 1 aromatic carbocycles. The van der Waals surface area contributed by atoms with Crippen molar-refractivity contribution in [2.45, 2.75) is 39.7 Å². The molecule has 1 aromatic rings. The number of hydrogen-bond acceptors (Lipinski definition) is 2. The number of methoxy groups -OCH3 is 1. The Morgan fingerprint density at radius 1 is 1.27 bits per heavy atom. The van der Waals surface area contributed by atoms with Crippen molar-refractivity contribution in [1.82, 2.24) is 0 Å². The van der Waals surface area contributed by atoms with Gasteiger partial charge in [-0.15, -0.1) is 0 Å². The average Bonchev–Trinajstić information content (AvgIpc) is 2.15. The Kier molecular flexibility index (Phi) is 3.40. The molecule has 0 saturated carbocycles. The maximum absolute atomic E-state index is 9.19. The highest BCUT2D eigenvalue weighted by Gasteiger charge is 2.19. The van der Waals surface area contributed by atoms with Crippen molar-refractivity contribution in [2.75, 3.05) is 7.11 Å². The standard InChI is InChI=1S/C13H20O2/c1-9-11(13(2,3)4)7-6-10(8-14)12(9)15-5/h6-7,14H,8H2,1-5H3. The van der Waals surface area contributed by atoms with E-state index in [9.17, 15) is 5.11 Å². The van der Waals surface area contributed by atoms with Crippen molar-refractivity contribution in [3.05, 3.63) is 28.8 Å². The molecule has 0 atom stereocenters. The molecule has 0 radical (unpaired) electrons. The van der Waals surface area contributed by atoms with E-state index in [1.165, 1.54) is 5.56 Å². The van der Waals surface area contributed by atoms with Gasteiger partial charge < -0.3 is 9.84 Å². The van der Waals surface area contributed by atoms with Gasteiger partial charge in [0.15, 0.2) is 0 Å². The van der Waals surface area contributed by atoms with Crippen molar-refractivity contribution < 1.29 is 9.84 Å². The van der Waals surface area contributed by atoms with Crippen LogP contribution in [0.1, 0.15) is 37.5 Å². The van der Waals surface area contributed by atoms with Gasteiger partial charge in [-0.1, -0.05) is 32.9 Å². The molecule has 1 N–H and O–H groups in total. The zero-order chi connectivity index (χ0) is 11.6. The van der Waals surface area contributed by atoms with Crippen LogP contribution in [0, 0.1) is 6.92 Å². The molecule has 1 rings (SSSR count). The first kappa shape index (κ1) is 12.1. The molecule has 2 heteroatoms. The lowest BCUT2D eigenvalue weighted by Gasteiger charge is -2.24. The lowest BCUT2D eigenvalue weighted by molar-refractivity contribution is 0.273. The fraction of sp³-hybridized carbons (Fsp3) is 0.538. The van der Waals surface area contributed by atoms with Crippen LogP contribution in [0.3, 0.4) is 0 Å². The van der Waals surface area contributed by atoms with Crippen LogP contribution in [-0.2, 0) is 12.0 Å². The van der Waals surface area contributed by atoms with Crippen LogP contribution in [0.2, 0.25) is 0 Å². The van der Waals surface area contributed by atoms with Crippen LogP contribution < -0.4 is 4.74 Å². The van der Waals surface area contributed by atoms with Crippen LogP contribution in [-0.4, -0.2) is 12.2 Å². The molecule has 0 aromatic heterocycles. The Balaban J connectivity index is 3.36. The van der Waals surface area contributed by atoms with Crippen LogP contribution in [0.25, 0.3) is 0 Å². The summed E-state index contributed by atoms with van der Waals surface area (Å²) in [6, 6.07) is 4.01. The second-order valence-electron chi connectivity index (χ2n) is 4.84. The third-order valence-corrected chi connectivity index (χ3v) is 2.67. The smallest absolute Gasteiger partial charge is 0.127 e. The highest BCUT2D eigenvalue weighted by molar-refractivity contribution is 5.47. The molecule has 0 aliphatic heterocycles. The molecule has 2 nitrogen and oxygen atoms in total. The summed E-state index contributed by atoms with van der Waals surface area (Å²) in [6.45, 7) is 8.58. The quantitative estimate of drug-likeness (QED) is 0.809. The average molecular weight is 208 g/mol. The van der Waals surface area contributed by atoms with E-state index >= 15 is 0 Å². The van der Waals surface area contributed by atoms with Crippen molar-refractivity contribution >= 4 is 0 Å². The molecule has 0 amide bonds. The number of rotatable bonds is 2. The van der Waals surface area contributed by atoms with Gasteiger partial charge in [-0.2, -0.15) is 0 Å². The Labute approximate surface area is 91.9 Å². The first-order valence-electron chi connectivity index (χ1n) is 5.19. The zero-order valence-corrected chi connectivity index (χ0v) is 10.2. The van der Waals surface area contributed by atoms with Gasteiger partial charge in [0.05, 0.1) is 13.7 Å². The van der Waals surface area contributed by atoms with Crippen molar-refractivity contribution in [1.29, 1.82) is 0 Å². The maximum Gasteiger partial charge on any atom is 0.127 e. The number of aliphatic hydroxyl groups is 1. The van der Waals surface area contributed by atoms with E-state index in [1.807, 2.05) is 13.0 Å². The summed E-state index contributed by atoms with van der Waals surface area (Å²) in [5.41, 5.74) is 3.34. The third-order valence-electron chi connectivity index (χ3n) is 2.67. The maximum atomic E-state index is 9.19. The predicted molar refractivity (Wildman–Crippen MR) is 62.4 cm³/mol. The summed E-state index contributed by atoms with van der Waals surface area (Å²) in [6.07, 6.45) is 0. The number of benzene rings is 1. The molecule has 0 aliphatic carbocycles. The summed E-state index contributed by atoms with van der Waals surface area (Å²) in [7, 11) is 1.65. The molecular formula is C13H20O2. The van der Waals surface area contributed by atoms with E-state index in [2.05, 4.69) is 26.8 Å². The lowest BCUT2D eigenvalue weighted by atomic mass is 9.83. The van der Waals surface area contributed by atoms with E-state index in [0.717, 1.165) is 16.9 Å². The van der Waals surface area contributed by atoms with Crippen LogP contribution in [0.5, 0.6) is 5.75 Å². The Bertz CT molecular complexity index is 348. The minimum Gasteiger partial charge on any atom is -0.496 e. The van der Waals surface area contributed by atoms with E-state index in [4.69, 9.17) is 4.74 Å². The molecule has 0 fully saturated rings. The third kappa shape index (κ3) is 2.32. The van der Waals surface area contributed by atoms with Crippen LogP contribution in [0.15, 0.2) is 12.1 Å². The first-order valence-corrected chi connectivity index (χ1v) is 5.19. The second kappa shape index (κ2) is 4.23. The molecular weight excluding hydrogens is 188 g/mol. The predicted octanol–water partition coefficient (Wildman–Crippen LogP) is 2.79. The lowest BCUT2D eigenvalue weighted by Crippen LogP contribution is -2.14. The van der Waals surface area contributed by atoms with Gasteiger partial charge in [0.25, 0.3) is 0 Å².